The molecule has 13 heavy (non-hydrogen) atoms. The monoisotopic (exact) mass is 197 g/mol. The molecule has 1 aliphatic rings. The second-order valence-electron chi connectivity index (χ2n) is 2.91. The van der Waals surface area contributed by atoms with Crippen LogP contribution < -0.4 is 5.32 Å². The van der Waals surface area contributed by atoms with Crippen molar-refractivity contribution in [2.75, 3.05) is 7.11 Å². The molecule has 0 spiro atoms. The highest BCUT2D eigenvalue weighted by atomic mass is 19.4. The zero-order valence-corrected chi connectivity index (χ0v) is 7.02. The van der Waals surface area contributed by atoms with Gasteiger partial charge in [0.1, 0.15) is 12.1 Å². The minimum absolute atomic E-state index is 0.0662. The van der Waals surface area contributed by atoms with Crippen molar-refractivity contribution in [1.29, 1.82) is 0 Å². The van der Waals surface area contributed by atoms with Crippen molar-refractivity contribution in [1.82, 2.24) is 5.32 Å². The number of halogens is 3. The molecule has 1 aliphatic heterocycles. The molecular formula is C7H10F3NO2. The van der Waals surface area contributed by atoms with Gasteiger partial charge in [-0.2, -0.15) is 13.2 Å². The summed E-state index contributed by atoms with van der Waals surface area (Å²) in [5.74, 6) is -0.633. The molecule has 6 heteroatoms. The van der Waals surface area contributed by atoms with Gasteiger partial charge in [0.25, 0.3) is 0 Å². The molecule has 0 aliphatic carbocycles. The zero-order valence-electron chi connectivity index (χ0n) is 7.02. The normalized spacial score (nSPS) is 28.9. The number of carbonyl (C=O) groups excluding carboxylic acids is 1. The maximum absolute atomic E-state index is 12.1. The van der Waals surface area contributed by atoms with Crippen molar-refractivity contribution < 1.29 is 22.7 Å². The number of carbonyl (C=O) groups is 1. The Labute approximate surface area is 73.2 Å². The highest BCUT2D eigenvalue weighted by Gasteiger charge is 2.45. The van der Waals surface area contributed by atoms with E-state index < -0.39 is 24.2 Å². The molecule has 3 nitrogen and oxygen atoms in total. The molecule has 1 fully saturated rings. The topological polar surface area (TPSA) is 38.3 Å². The molecule has 1 rings (SSSR count). The minimum atomic E-state index is -4.28. The molecule has 0 amide bonds. The maximum atomic E-state index is 12.1. The van der Waals surface area contributed by atoms with E-state index in [1.807, 2.05) is 0 Å². The van der Waals surface area contributed by atoms with Crippen LogP contribution in [0, 0.1) is 0 Å². The molecule has 2 atom stereocenters. The summed E-state index contributed by atoms with van der Waals surface area (Å²) in [7, 11) is 1.16. The standard InChI is InChI=1S/C7H10F3NO2/c1-13-6(12)4-2-3-5(11-4)7(8,9)10/h4-5,11H,2-3H2,1H3. The summed E-state index contributed by atoms with van der Waals surface area (Å²) in [4.78, 5) is 10.8. The van der Waals surface area contributed by atoms with E-state index in [1.54, 1.807) is 0 Å². The average molecular weight is 197 g/mol. The Kier molecular flexibility index (Phi) is 2.80. The number of nitrogens with one attached hydrogen (secondary N) is 1. The first-order valence-electron chi connectivity index (χ1n) is 3.85. The summed E-state index contributed by atoms with van der Waals surface area (Å²) in [5, 5.41) is 2.18. The lowest BCUT2D eigenvalue weighted by Gasteiger charge is -2.15. The quantitative estimate of drug-likeness (QED) is 0.633. The highest BCUT2D eigenvalue weighted by Crippen LogP contribution is 2.28. The predicted molar refractivity (Wildman–Crippen MR) is 38.0 cm³/mol. The highest BCUT2D eigenvalue weighted by molar-refractivity contribution is 5.76. The van der Waals surface area contributed by atoms with E-state index in [4.69, 9.17) is 0 Å². The van der Waals surface area contributed by atoms with Crippen LogP contribution in [0.15, 0.2) is 0 Å². The Morgan fingerprint density at radius 2 is 2.08 bits per heavy atom. The fraction of sp³-hybridized carbons (Fsp3) is 0.857. The SMILES string of the molecule is COC(=O)C1CCC(C(F)(F)F)N1. The molecule has 1 N–H and O–H groups in total. The zero-order chi connectivity index (χ0) is 10.1. The third kappa shape index (κ3) is 2.33. The molecule has 76 valence electrons. The van der Waals surface area contributed by atoms with E-state index in [0.29, 0.717) is 0 Å². The summed E-state index contributed by atoms with van der Waals surface area (Å²) in [6.07, 6.45) is -4.16. The van der Waals surface area contributed by atoms with Gasteiger partial charge in [-0.1, -0.05) is 0 Å². The number of ether oxygens (including phenoxy) is 1. The van der Waals surface area contributed by atoms with Crippen molar-refractivity contribution in [3.63, 3.8) is 0 Å². The fourth-order valence-corrected chi connectivity index (χ4v) is 1.33. The first-order valence-corrected chi connectivity index (χ1v) is 3.85. The molecule has 0 radical (unpaired) electrons. The third-order valence-electron chi connectivity index (χ3n) is 2.03. The van der Waals surface area contributed by atoms with Gasteiger partial charge in [0, 0.05) is 0 Å². The molecule has 0 aromatic rings. The van der Waals surface area contributed by atoms with Gasteiger partial charge in [-0.3, -0.25) is 10.1 Å². The summed E-state index contributed by atoms with van der Waals surface area (Å²) in [6, 6.07) is -2.38. The van der Waals surface area contributed by atoms with E-state index in [9.17, 15) is 18.0 Å². The molecule has 0 bridgehead atoms. The van der Waals surface area contributed by atoms with Crippen molar-refractivity contribution in [2.24, 2.45) is 0 Å². The smallest absolute Gasteiger partial charge is 0.403 e. The molecule has 0 saturated carbocycles. The summed E-state index contributed by atoms with van der Waals surface area (Å²) < 4.78 is 40.6. The van der Waals surface area contributed by atoms with Crippen LogP contribution >= 0.6 is 0 Å². The van der Waals surface area contributed by atoms with Crippen molar-refractivity contribution >= 4 is 5.97 Å². The first kappa shape index (κ1) is 10.3. The molecule has 1 saturated heterocycles. The number of hydrogen-bond donors (Lipinski definition) is 1. The van der Waals surface area contributed by atoms with E-state index in [0.717, 1.165) is 7.11 Å². The van der Waals surface area contributed by atoms with Gasteiger partial charge in [0.2, 0.25) is 0 Å². The summed E-state index contributed by atoms with van der Waals surface area (Å²) in [5.41, 5.74) is 0. The Balaban J connectivity index is 2.50. The lowest BCUT2D eigenvalue weighted by molar-refractivity contribution is -0.155. The lowest BCUT2D eigenvalue weighted by atomic mass is 10.2. The fourth-order valence-electron chi connectivity index (χ4n) is 1.33. The molecule has 2 unspecified atom stereocenters. The largest absolute Gasteiger partial charge is 0.468 e. The average Bonchev–Trinajstić information content (AvgIpc) is 2.50. The molecule has 1 heterocycles. The lowest BCUT2D eigenvalue weighted by Crippen LogP contribution is -2.43. The van der Waals surface area contributed by atoms with Crippen LogP contribution in [-0.2, 0) is 9.53 Å². The Hall–Kier alpha value is -0.780. The number of alkyl halides is 3. The second-order valence-corrected chi connectivity index (χ2v) is 2.91. The Morgan fingerprint density at radius 1 is 1.46 bits per heavy atom. The summed E-state index contributed by atoms with van der Waals surface area (Å²) in [6.45, 7) is 0. The van der Waals surface area contributed by atoms with E-state index >= 15 is 0 Å². The van der Waals surface area contributed by atoms with Crippen LogP contribution in [0.25, 0.3) is 0 Å². The van der Waals surface area contributed by atoms with Crippen LogP contribution in [0.1, 0.15) is 12.8 Å². The van der Waals surface area contributed by atoms with Gasteiger partial charge < -0.3 is 4.74 Å². The Morgan fingerprint density at radius 3 is 2.46 bits per heavy atom. The van der Waals surface area contributed by atoms with Crippen LogP contribution in [-0.4, -0.2) is 31.3 Å². The van der Waals surface area contributed by atoms with Gasteiger partial charge in [-0.05, 0) is 12.8 Å². The van der Waals surface area contributed by atoms with E-state index in [-0.39, 0.29) is 12.8 Å². The van der Waals surface area contributed by atoms with Crippen molar-refractivity contribution in [3.8, 4) is 0 Å². The first-order chi connectivity index (χ1) is 5.95. The second kappa shape index (κ2) is 3.53. The van der Waals surface area contributed by atoms with Crippen LogP contribution in [0.4, 0.5) is 13.2 Å². The maximum Gasteiger partial charge on any atom is 0.403 e. The minimum Gasteiger partial charge on any atom is -0.468 e. The van der Waals surface area contributed by atoms with Gasteiger partial charge >= 0.3 is 12.1 Å². The van der Waals surface area contributed by atoms with E-state index in [2.05, 4.69) is 10.1 Å². The predicted octanol–water partition coefficient (Wildman–Crippen LogP) is 0.842. The summed E-state index contributed by atoms with van der Waals surface area (Å²) >= 11 is 0. The number of rotatable bonds is 1. The Bertz CT molecular complexity index is 204. The van der Waals surface area contributed by atoms with Crippen molar-refractivity contribution in [2.45, 2.75) is 31.1 Å². The number of hydrogen-bond acceptors (Lipinski definition) is 3. The third-order valence-corrected chi connectivity index (χ3v) is 2.03. The van der Waals surface area contributed by atoms with Crippen LogP contribution in [0.3, 0.4) is 0 Å². The van der Waals surface area contributed by atoms with Gasteiger partial charge in [0.05, 0.1) is 7.11 Å². The molecule has 0 aromatic carbocycles. The number of esters is 1. The molecular weight excluding hydrogens is 187 g/mol. The van der Waals surface area contributed by atoms with Crippen LogP contribution in [0.5, 0.6) is 0 Å². The van der Waals surface area contributed by atoms with Gasteiger partial charge in [0.15, 0.2) is 0 Å². The number of methoxy groups -OCH3 is 1. The van der Waals surface area contributed by atoms with Crippen molar-refractivity contribution in [3.05, 3.63) is 0 Å². The van der Waals surface area contributed by atoms with Crippen LogP contribution in [0.2, 0.25) is 0 Å². The van der Waals surface area contributed by atoms with E-state index in [1.165, 1.54) is 0 Å². The molecule has 0 aromatic heterocycles. The van der Waals surface area contributed by atoms with Gasteiger partial charge in [-0.25, -0.2) is 0 Å². The van der Waals surface area contributed by atoms with Gasteiger partial charge in [-0.15, -0.1) is 0 Å².